The Morgan fingerprint density at radius 3 is 2.35 bits per heavy atom. The summed E-state index contributed by atoms with van der Waals surface area (Å²) in [7, 11) is 3.03. The zero-order valence-corrected chi connectivity index (χ0v) is 14.9. The summed E-state index contributed by atoms with van der Waals surface area (Å²) in [4.78, 5) is 39.0. The molecule has 0 spiro atoms. The first-order valence-corrected chi connectivity index (χ1v) is 8.90. The number of anilines is 1. The molecule has 1 saturated heterocycles. The first-order chi connectivity index (χ1) is 12.5. The first-order valence-electron chi connectivity index (χ1n) is 8.90. The van der Waals surface area contributed by atoms with E-state index in [1.807, 2.05) is 0 Å². The minimum atomic E-state index is -0.425. The van der Waals surface area contributed by atoms with Crippen molar-refractivity contribution in [1.29, 1.82) is 0 Å². The molecule has 3 aliphatic rings. The van der Waals surface area contributed by atoms with Crippen molar-refractivity contribution in [3.8, 4) is 11.5 Å². The third kappa shape index (κ3) is 2.53. The molecule has 0 unspecified atom stereocenters. The average molecular weight is 358 g/mol. The Hall–Kier alpha value is -2.57. The van der Waals surface area contributed by atoms with Crippen molar-refractivity contribution in [2.75, 3.05) is 26.1 Å². The van der Waals surface area contributed by atoms with E-state index in [4.69, 9.17) is 9.47 Å². The quantitative estimate of drug-likeness (QED) is 0.810. The van der Waals surface area contributed by atoms with Crippen molar-refractivity contribution in [1.82, 2.24) is 4.90 Å². The Balaban J connectivity index is 1.47. The second-order valence-electron chi connectivity index (χ2n) is 7.26. The summed E-state index contributed by atoms with van der Waals surface area (Å²) in [5.41, 5.74) is 0.441. The van der Waals surface area contributed by atoms with Crippen LogP contribution < -0.4 is 14.8 Å². The van der Waals surface area contributed by atoms with Crippen molar-refractivity contribution in [3.63, 3.8) is 0 Å². The predicted molar refractivity (Wildman–Crippen MR) is 92.7 cm³/mol. The molecule has 2 bridgehead atoms. The number of likely N-dealkylation sites (tertiary alicyclic amines) is 1. The lowest BCUT2D eigenvalue weighted by molar-refractivity contribution is -0.143. The van der Waals surface area contributed by atoms with Crippen molar-refractivity contribution in [2.45, 2.75) is 19.3 Å². The summed E-state index contributed by atoms with van der Waals surface area (Å²) >= 11 is 0. The number of rotatable bonds is 5. The fourth-order valence-corrected chi connectivity index (χ4v) is 4.87. The topological polar surface area (TPSA) is 84.9 Å². The maximum absolute atomic E-state index is 12.7. The molecule has 1 aromatic carbocycles. The summed E-state index contributed by atoms with van der Waals surface area (Å²) in [5.74, 6) is 0.473. The van der Waals surface area contributed by atoms with Crippen LogP contribution in [0.1, 0.15) is 19.3 Å². The lowest BCUT2D eigenvalue weighted by Gasteiger charge is -2.19. The number of benzene rings is 1. The minimum absolute atomic E-state index is 0.181. The Labute approximate surface area is 151 Å². The molecule has 4 atom stereocenters. The lowest BCUT2D eigenvalue weighted by Crippen LogP contribution is -2.39. The molecule has 7 nitrogen and oxygen atoms in total. The van der Waals surface area contributed by atoms with Gasteiger partial charge >= 0.3 is 0 Å². The summed E-state index contributed by atoms with van der Waals surface area (Å²) < 4.78 is 10.4. The normalized spacial score (nSPS) is 29.1. The number of hydrogen-bond acceptors (Lipinski definition) is 5. The standard InChI is InChI=1S/C19H22N2O5/c1-25-12-5-6-14(26-2)13(8-12)20-15(22)9-21-18(23)16-10-3-4-11(7-10)17(16)19(21)24/h5-6,8,10-11,16-17H,3-4,7,9H2,1-2H3,(H,20,22)/t10-,11+,16-,17-/m0/s1. The Bertz CT molecular complexity index is 749. The molecule has 1 heterocycles. The van der Waals surface area contributed by atoms with Gasteiger partial charge in [0, 0.05) is 6.07 Å². The second kappa shape index (κ2) is 6.30. The van der Waals surface area contributed by atoms with E-state index < -0.39 is 5.91 Å². The van der Waals surface area contributed by atoms with Crippen LogP contribution in [0.5, 0.6) is 11.5 Å². The molecule has 0 radical (unpaired) electrons. The highest BCUT2D eigenvalue weighted by Gasteiger charge is 2.60. The van der Waals surface area contributed by atoms with E-state index in [1.165, 1.54) is 14.2 Å². The molecule has 1 N–H and O–H groups in total. The molecule has 4 rings (SSSR count). The molecule has 2 aliphatic carbocycles. The third-order valence-corrected chi connectivity index (χ3v) is 6.00. The van der Waals surface area contributed by atoms with Crippen molar-refractivity contribution >= 4 is 23.4 Å². The zero-order chi connectivity index (χ0) is 18.4. The van der Waals surface area contributed by atoms with Crippen molar-refractivity contribution < 1.29 is 23.9 Å². The highest BCUT2D eigenvalue weighted by Crippen LogP contribution is 2.56. The second-order valence-corrected chi connectivity index (χ2v) is 7.26. The summed E-state index contributed by atoms with van der Waals surface area (Å²) in [6, 6.07) is 5.04. The monoisotopic (exact) mass is 358 g/mol. The number of hydrogen-bond donors (Lipinski definition) is 1. The number of ether oxygens (including phenoxy) is 2. The van der Waals surface area contributed by atoms with Crippen LogP contribution in [0.25, 0.3) is 0 Å². The van der Waals surface area contributed by atoms with Gasteiger partial charge in [0.2, 0.25) is 17.7 Å². The molecular formula is C19H22N2O5. The van der Waals surface area contributed by atoms with E-state index in [9.17, 15) is 14.4 Å². The van der Waals surface area contributed by atoms with Crippen LogP contribution in [0, 0.1) is 23.7 Å². The van der Waals surface area contributed by atoms with Crippen LogP contribution in [0.3, 0.4) is 0 Å². The molecule has 7 heteroatoms. The predicted octanol–water partition coefficient (Wildman–Crippen LogP) is 1.67. The highest BCUT2D eigenvalue weighted by atomic mass is 16.5. The molecule has 0 aromatic heterocycles. The number of fused-ring (bicyclic) bond motifs is 5. The molecule has 26 heavy (non-hydrogen) atoms. The lowest BCUT2D eigenvalue weighted by atomic mass is 9.81. The van der Waals surface area contributed by atoms with Gasteiger partial charge in [-0.2, -0.15) is 0 Å². The number of imide groups is 1. The van der Waals surface area contributed by atoms with Gasteiger partial charge < -0.3 is 14.8 Å². The van der Waals surface area contributed by atoms with Gasteiger partial charge in [-0.15, -0.1) is 0 Å². The number of methoxy groups -OCH3 is 2. The summed E-state index contributed by atoms with van der Waals surface area (Å²) in [6.07, 6.45) is 3.02. The molecule has 3 amide bonds. The Kier molecular flexibility index (Phi) is 4.09. The van der Waals surface area contributed by atoms with Gasteiger partial charge in [0.1, 0.15) is 18.0 Å². The van der Waals surface area contributed by atoms with Gasteiger partial charge in [0.15, 0.2) is 0 Å². The third-order valence-electron chi connectivity index (χ3n) is 6.00. The van der Waals surface area contributed by atoms with Gasteiger partial charge in [-0.25, -0.2) is 0 Å². The summed E-state index contributed by atoms with van der Waals surface area (Å²) in [5, 5.41) is 2.72. The molecular weight excluding hydrogens is 336 g/mol. The molecule has 2 saturated carbocycles. The van der Waals surface area contributed by atoms with E-state index in [2.05, 4.69) is 5.32 Å². The fraction of sp³-hybridized carbons (Fsp3) is 0.526. The number of amides is 3. The van der Waals surface area contributed by atoms with E-state index in [0.29, 0.717) is 29.0 Å². The smallest absolute Gasteiger partial charge is 0.244 e. The number of nitrogens with one attached hydrogen (secondary N) is 1. The van der Waals surface area contributed by atoms with E-state index in [-0.39, 0.29) is 30.2 Å². The minimum Gasteiger partial charge on any atom is -0.497 e. The van der Waals surface area contributed by atoms with Gasteiger partial charge in [-0.1, -0.05) is 0 Å². The molecule has 3 fully saturated rings. The number of nitrogens with zero attached hydrogens (tertiary/aromatic N) is 1. The maximum Gasteiger partial charge on any atom is 0.244 e. The van der Waals surface area contributed by atoms with Crippen LogP contribution in [-0.4, -0.2) is 43.4 Å². The van der Waals surface area contributed by atoms with Crippen LogP contribution in [0.2, 0.25) is 0 Å². The van der Waals surface area contributed by atoms with Gasteiger partial charge in [-0.3, -0.25) is 19.3 Å². The van der Waals surface area contributed by atoms with E-state index in [1.54, 1.807) is 18.2 Å². The molecule has 138 valence electrons. The molecule has 1 aliphatic heterocycles. The highest BCUT2D eigenvalue weighted by molar-refractivity contribution is 6.09. The zero-order valence-electron chi connectivity index (χ0n) is 14.9. The average Bonchev–Trinajstić information content (AvgIpc) is 3.31. The van der Waals surface area contributed by atoms with E-state index in [0.717, 1.165) is 24.2 Å². The SMILES string of the molecule is COc1ccc(OC)c(NC(=O)CN2C(=O)[C@H]3[C@@H]4CC[C@@H](C4)[C@@H]3C2=O)c1. The number of carbonyl (C=O) groups excluding carboxylic acids is 3. The van der Waals surface area contributed by atoms with Crippen LogP contribution in [-0.2, 0) is 14.4 Å². The van der Waals surface area contributed by atoms with Gasteiger partial charge in [0.25, 0.3) is 0 Å². The van der Waals surface area contributed by atoms with Crippen LogP contribution >= 0.6 is 0 Å². The van der Waals surface area contributed by atoms with Crippen LogP contribution in [0.15, 0.2) is 18.2 Å². The largest absolute Gasteiger partial charge is 0.497 e. The number of carbonyl (C=O) groups is 3. The Morgan fingerprint density at radius 2 is 1.77 bits per heavy atom. The van der Waals surface area contributed by atoms with Crippen molar-refractivity contribution in [2.24, 2.45) is 23.7 Å². The first kappa shape index (κ1) is 16.9. The van der Waals surface area contributed by atoms with Gasteiger partial charge in [0.05, 0.1) is 31.7 Å². The molecule has 1 aromatic rings. The van der Waals surface area contributed by atoms with Crippen LogP contribution in [0.4, 0.5) is 5.69 Å². The van der Waals surface area contributed by atoms with Crippen molar-refractivity contribution in [3.05, 3.63) is 18.2 Å². The maximum atomic E-state index is 12.7. The van der Waals surface area contributed by atoms with E-state index >= 15 is 0 Å². The fourth-order valence-electron chi connectivity index (χ4n) is 4.87. The summed E-state index contributed by atoms with van der Waals surface area (Å²) in [6.45, 7) is -0.259. The Morgan fingerprint density at radius 1 is 1.12 bits per heavy atom. The van der Waals surface area contributed by atoms with Gasteiger partial charge in [-0.05, 0) is 43.2 Å².